The molecular formula is C17H17F2N3O2. The van der Waals surface area contributed by atoms with Crippen molar-refractivity contribution in [1.29, 1.82) is 0 Å². The maximum absolute atomic E-state index is 13.7. The first-order chi connectivity index (χ1) is 11.2. The van der Waals surface area contributed by atoms with Gasteiger partial charge >= 0.3 is 0 Å². The number of carbonyl (C=O) groups excluding carboxylic acids is 2. The van der Waals surface area contributed by atoms with Gasteiger partial charge in [0.25, 0.3) is 11.8 Å². The molecule has 0 fully saturated rings. The van der Waals surface area contributed by atoms with Gasteiger partial charge in [0.2, 0.25) is 5.95 Å². The molecule has 0 saturated heterocycles. The Kier molecular flexibility index (Phi) is 4.92. The van der Waals surface area contributed by atoms with E-state index in [9.17, 15) is 18.4 Å². The molecule has 0 aliphatic rings. The lowest BCUT2D eigenvalue weighted by Gasteiger charge is -2.35. The third-order valence-electron chi connectivity index (χ3n) is 3.14. The number of halogens is 2. The lowest BCUT2D eigenvalue weighted by Crippen LogP contribution is -2.56. The molecule has 1 aromatic carbocycles. The average Bonchev–Trinajstić information content (AvgIpc) is 2.51. The number of nitrogens with zero attached hydrogens (tertiary/aromatic N) is 2. The minimum absolute atomic E-state index is 0.168. The Bertz CT molecular complexity index is 772. The van der Waals surface area contributed by atoms with Crippen molar-refractivity contribution in [3.05, 3.63) is 65.5 Å². The maximum Gasteiger partial charge on any atom is 0.291 e. The second-order valence-corrected chi connectivity index (χ2v) is 6.08. The molecule has 1 N–H and O–H groups in total. The van der Waals surface area contributed by atoms with Crippen molar-refractivity contribution >= 4 is 11.8 Å². The standard InChI is InChI=1S/C17H17F2N3O2/c1-17(2,3)22(16(24)13-9-6-10-14(19)20-13)21-15(23)11-7-4-5-8-12(11)18/h4-10H,1-3H3,(H,21,23). The second-order valence-electron chi connectivity index (χ2n) is 6.08. The van der Waals surface area contributed by atoms with Crippen molar-refractivity contribution in [2.75, 3.05) is 0 Å². The number of amides is 2. The van der Waals surface area contributed by atoms with Crippen LogP contribution in [0.25, 0.3) is 0 Å². The Morgan fingerprint density at radius 2 is 1.71 bits per heavy atom. The number of hydrogen-bond acceptors (Lipinski definition) is 3. The molecule has 0 spiro atoms. The van der Waals surface area contributed by atoms with Gasteiger partial charge in [-0.3, -0.25) is 15.0 Å². The smallest absolute Gasteiger partial charge is 0.267 e. The number of aromatic nitrogens is 1. The predicted octanol–water partition coefficient (Wildman–Crippen LogP) is 2.95. The molecule has 0 aliphatic heterocycles. The zero-order chi connectivity index (χ0) is 17.9. The summed E-state index contributed by atoms with van der Waals surface area (Å²) in [6, 6.07) is 9.19. The van der Waals surface area contributed by atoms with E-state index >= 15 is 0 Å². The van der Waals surface area contributed by atoms with Crippen LogP contribution in [0.4, 0.5) is 8.78 Å². The SMILES string of the molecule is CC(C)(C)N(NC(=O)c1ccccc1F)C(=O)c1cccc(F)n1. The van der Waals surface area contributed by atoms with E-state index in [0.717, 1.165) is 17.1 Å². The Morgan fingerprint density at radius 1 is 1.04 bits per heavy atom. The highest BCUT2D eigenvalue weighted by atomic mass is 19.1. The highest BCUT2D eigenvalue weighted by Gasteiger charge is 2.31. The topological polar surface area (TPSA) is 62.3 Å². The molecule has 2 amide bonds. The molecule has 1 aromatic heterocycles. The third-order valence-corrected chi connectivity index (χ3v) is 3.14. The molecule has 0 radical (unpaired) electrons. The van der Waals surface area contributed by atoms with Crippen LogP contribution in [0.2, 0.25) is 0 Å². The van der Waals surface area contributed by atoms with Crippen LogP contribution in [0, 0.1) is 11.8 Å². The van der Waals surface area contributed by atoms with E-state index < -0.39 is 29.1 Å². The summed E-state index contributed by atoms with van der Waals surface area (Å²) in [5.41, 5.74) is 1.16. The molecular weight excluding hydrogens is 316 g/mol. The van der Waals surface area contributed by atoms with Crippen LogP contribution in [-0.2, 0) is 0 Å². The lowest BCUT2D eigenvalue weighted by atomic mass is 10.1. The first kappa shape index (κ1) is 17.5. The fourth-order valence-corrected chi connectivity index (χ4v) is 1.97. The summed E-state index contributed by atoms with van der Waals surface area (Å²) >= 11 is 0. The van der Waals surface area contributed by atoms with Gasteiger partial charge in [-0.1, -0.05) is 18.2 Å². The summed E-state index contributed by atoms with van der Waals surface area (Å²) in [6.07, 6.45) is 0. The summed E-state index contributed by atoms with van der Waals surface area (Å²) < 4.78 is 27.0. The van der Waals surface area contributed by atoms with Gasteiger partial charge in [-0.05, 0) is 45.0 Å². The highest BCUT2D eigenvalue weighted by Crippen LogP contribution is 2.16. The molecule has 0 unspecified atom stereocenters. The first-order valence-electron chi connectivity index (χ1n) is 7.23. The van der Waals surface area contributed by atoms with Gasteiger partial charge in [-0.25, -0.2) is 14.4 Å². The molecule has 7 heteroatoms. The van der Waals surface area contributed by atoms with Crippen LogP contribution in [0.3, 0.4) is 0 Å². The van der Waals surface area contributed by atoms with Crippen LogP contribution in [0.5, 0.6) is 0 Å². The monoisotopic (exact) mass is 333 g/mol. The van der Waals surface area contributed by atoms with Crippen molar-refractivity contribution < 1.29 is 18.4 Å². The van der Waals surface area contributed by atoms with Gasteiger partial charge in [-0.15, -0.1) is 0 Å². The van der Waals surface area contributed by atoms with Crippen molar-refractivity contribution in [1.82, 2.24) is 15.4 Å². The van der Waals surface area contributed by atoms with E-state index in [1.807, 2.05) is 0 Å². The fourth-order valence-electron chi connectivity index (χ4n) is 1.97. The molecule has 2 rings (SSSR count). The van der Waals surface area contributed by atoms with Crippen molar-refractivity contribution in [3.63, 3.8) is 0 Å². The summed E-state index contributed by atoms with van der Waals surface area (Å²) in [7, 11) is 0. The molecule has 24 heavy (non-hydrogen) atoms. The van der Waals surface area contributed by atoms with Crippen LogP contribution in [0.1, 0.15) is 41.6 Å². The van der Waals surface area contributed by atoms with Gasteiger partial charge in [0.15, 0.2) is 0 Å². The Balaban J connectivity index is 2.32. The molecule has 1 heterocycles. The van der Waals surface area contributed by atoms with Gasteiger partial charge in [-0.2, -0.15) is 4.39 Å². The number of hydrazine groups is 1. The van der Waals surface area contributed by atoms with Crippen LogP contribution in [-0.4, -0.2) is 27.3 Å². The second kappa shape index (κ2) is 6.74. The van der Waals surface area contributed by atoms with Crippen LogP contribution < -0.4 is 5.43 Å². The molecule has 0 saturated carbocycles. The van der Waals surface area contributed by atoms with E-state index in [0.29, 0.717) is 0 Å². The minimum atomic E-state index is -0.841. The summed E-state index contributed by atoms with van der Waals surface area (Å²) in [6.45, 7) is 5.02. The fraction of sp³-hybridized carbons (Fsp3) is 0.235. The molecule has 5 nitrogen and oxygen atoms in total. The van der Waals surface area contributed by atoms with Gasteiger partial charge in [0.05, 0.1) is 11.1 Å². The van der Waals surface area contributed by atoms with E-state index in [1.54, 1.807) is 20.8 Å². The molecule has 0 atom stereocenters. The number of benzene rings is 1. The van der Waals surface area contributed by atoms with Crippen molar-refractivity contribution in [2.45, 2.75) is 26.3 Å². The zero-order valence-electron chi connectivity index (χ0n) is 13.5. The number of carbonyl (C=O) groups is 2. The molecule has 126 valence electrons. The maximum atomic E-state index is 13.7. The van der Waals surface area contributed by atoms with E-state index in [-0.39, 0.29) is 11.3 Å². The molecule has 0 aliphatic carbocycles. The largest absolute Gasteiger partial charge is 0.291 e. The van der Waals surface area contributed by atoms with E-state index in [2.05, 4.69) is 10.4 Å². The van der Waals surface area contributed by atoms with E-state index in [4.69, 9.17) is 0 Å². The molecule has 2 aromatic rings. The van der Waals surface area contributed by atoms with Gasteiger partial charge in [0, 0.05) is 0 Å². The summed E-state index contributed by atoms with van der Waals surface area (Å²) in [4.78, 5) is 28.4. The Morgan fingerprint density at radius 3 is 2.29 bits per heavy atom. The average molecular weight is 333 g/mol. The third kappa shape index (κ3) is 3.92. The summed E-state index contributed by atoms with van der Waals surface area (Å²) in [5.74, 6) is -3.00. The number of nitrogens with one attached hydrogen (secondary N) is 1. The predicted molar refractivity (Wildman–Crippen MR) is 84.0 cm³/mol. The van der Waals surface area contributed by atoms with E-state index in [1.165, 1.54) is 30.3 Å². The van der Waals surface area contributed by atoms with Crippen molar-refractivity contribution in [2.24, 2.45) is 0 Å². The summed E-state index contributed by atoms with van der Waals surface area (Å²) in [5, 5.41) is 1.00. The first-order valence-corrected chi connectivity index (χ1v) is 7.23. The Labute approximate surface area is 138 Å². The number of pyridine rings is 1. The Hall–Kier alpha value is -2.83. The van der Waals surface area contributed by atoms with Gasteiger partial charge < -0.3 is 0 Å². The van der Waals surface area contributed by atoms with Crippen LogP contribution >= 0.6 is 0 Å². The highest BCUT2D eigenvalue weighted by molar-refractivity contribution is 5.98. The normalized spacial score (nSPS) is 11.0. The minimum Gasteiger partial charge on any atom is -0.267 e. The van der Waals surface area contributed by atoms with Gasteiger partial charge in [0.1, 0.15) is 11.5 Å². The quantitative estimate of drug-likeness (QED) is 0.679. The van der Waals surface area contributed by atoms with Crippen molar-refractivity contribution in [3.8, 4) is 0 Å². The zero-order valence-corrected chi connectivity index (χ0v) is 13.5. The molecule has 0 bridgehead atoms. The number of rotatable bonds is 2. The number of hydrogen-bond donors (Lipinski definition) is 1. The van der Waals surface area contributed by atoms with Crippen LogP contribution in [0.15, 0.2) is 42.5 Å². The lowest BCUT2D eigenvalue weighted by molar-refractivity contribution is 0.0351.